The SMILES string of the molecule is CC(=O)Nc1ccc(N2C(=O)C[C@@H](c3c(C)[nH]n(-c4nc5ccccc5s4)c3=O)C2=O)cc1. The van der Waals surface area contributed by atoms with E-state index in [1.54, 1.807) is 31.2 Å². The molecule has 5 rings (SSSR count). The highest BCUT2D eigenvalue weighted by Gasteiger charge is 2.43. The molecule has 1 atom stereocenters. The smallest absolute Gasteiger partial charge is 0.277 e. The van der Waals surface area contributed by atoms with Gasteiger partial charge in [-0.3, -0.25) is 29.2 Å². The minimum absolute atomic E-state index is 0.0972. The second-order valence-corrected chi connectivity index (χ2v) is 8.82. The van der Waals surface area contributed by atoms with Gasteiger partial charge in [-0.25, -0.2) is 4.98 Å². The van der Waals surface area contributed by atoms with E-state index in [1.165, 1.54) is 22.9 Å². The van der Waals surface area contributed by atoms with Gasteiger partial charge in [-0.1, -0.05) is 23.5 Å². The third kappa shape index (κ3) is 3.54. The van der Waals surface area contributed by atoms with Crippen molar-refractivity contribution in [3.05, 3.63) is 70.1 Å². The Hall–Kier alpha value is -4.05. The molecule has 1 aliphatic heterocycles. The van der Waals surface area contributed by atoms with E-state index < -0.39 is 11.8 Å². The molecule has 1 fully saturated rings. The molecule has 2 aromatic heterocycles. The number of rotatable bonds is 4. The number of thiazole rings is 1. The standard InChI is InChI=1S/C23H19N5O4S/c1-12-20(22(32)28(26-12)23-25-17-5-3-4-6-18(17)33-23)16-11-19(30)27(21(16)31)15-9-7-14(8-10-15)24-13(2)29/h3-10,16,26H,11H2,1-2H3,(H,24,29)/t16-/m0/s1. The molecular weight excluding hydrogens is 442 g/mol. The molecule has 4 aromatic rings. The van der Waals surface area contributed by atoms with E-state index in [1.807, 2.05) is 24.3 Å². The maximum atomic E-state index is 13.3. The Kier molecular flexibility index (Phi) is 4.94. The molecule has 0 spiro atoms. The van der Waals surface area contributed by atoms with Crippen LogP contribution in [0.25, 0.3) is 15.3 Å². The molecule has 0 unspecified atom stereocenters. The van der Waals surface area contributed by atoms with Crippen LogP contribution in [0.2, 0.25) is 0 Å². The number of hydrogen-bond donors (Lipinski definition) is 2. The number of aromatic amines is 1. The van der Waals surface area contributed by atoms with E-state index >= 15 is 0 Å². The number of aromatic nitrogens is 3. The van der Waals surface area contributed by atoms with Crippen LogP contribution in [0.15, 0.2) is 53.3 Å². The van der Waals surface area contributed by atoms with Gasteiger partial charge in [0.2, 0.25) is 22.9 Å². The first-order valence-electron chi connectivity index (χ1n) is 10.3. The molecule has 33 heavy (non-hydrogen) atoms. The van der Waals surface area contributed by atoms with Crippen molar-refractivity contribution in [1.29, 1.82) is 0 Å². The molecule has 1 aliphatic rings. The zero-order valence-electron chi connectivity index (χ0n) is 17.8. The fourth-order valence-electron chi connectivity index (χ4n) is 4.09. The maximum Gasteiger partial charge on any atom is 0.277 e. The fourth-order valence-corrected chi connectivity index (χ4v) is 5.01. The van der Waals surface area contributed by atoms with E-state index in [0.29, 0.717) is 22.2 Å². The molecule has 2 aromatic carbocycles. The monoisotopic (exact) mass is 461 g/mol. The summed E-state index contributed by atoms with van der Waals surface area (Å²) in [7, 11) is 0. The molecule has 9 nitrogen and oxygen atoms in total. The lowest BCUT2D eigenvalue weighted by atomic mass is 9.98. The zero-order chi connectivity index (χ0) is 23.3. The highest BCUT2D eigenvalue weighted by atomic mass is 32.1. The molecule has 3 heterocycles. The summed E-state index contributed by atoms with van der Waals surface area (Å²) in [4.78, 5) is 56.1. The number of benzene rings is 2. The number of imide groups is 1. The first kappa shape index (κ1) is 20.8. The van der Waals surface area contributed by atoms with E-state index in [-0.39, 0.29) is 29.4 Å². The van der Waals surface area contributed by atoms with Crippen molar-refractivity contribution in [3.8, 4) is 5.13 Å². The van der Waals surface area contributed by atoms with E-state index in [4.69, 9.17) is 0 Å². The highest BCUT2D eigenvalue weighted by molar-refractivity contribution is 7.20. The summed E-state index contributed by atoms with van der Waals surface area (Å²) in [5, 5.41) is 6.12. The van der Waals surface area contributed by atoms with Gasteiger partial charge >= 0.3 is 0 Å². The molecule has 0 bridgehead atoms. The van der Waals surface area contributed by atoms with Gasteiger partial charge in [-0.15, -0.1) is 0 Å². The van der Waals surface area contributed by atoms with E-state index in [0.717, 1.165) is 15.1 Å². The lowest BCUT2D eigenvalue weighted by Crippen LogP contribution is -2.31. The number of carbonyl (C=O) groups excluding carboxylic acids is 3. The average Bonchev–Trinajstić information content (AvgIpc) is 3.41. The number of fused-ring (bicyclic) bond motifs is 1. The molecule has 10 heteroatoms. The molecular formula is C23H19N5O4S. The minimum Gasteiger partial charge on any atom is -0.326 e. The average molecular weight is 462 g/mol. The van der Waals surface area contributed by atoms with Crippen molar-refractivity contribution in [3.63, 3.8) is 0 Å². The van der Waals surface area contributed by atoms with Gasteiger partial charge < -0.3 is 5.32 Å². The predicted octanol–water partition coefficient (Wildman–Crippen LogP) is 3.09. The van der Waals surface area contributed by atoms with Crippen LogP contribution in [0.5, 0.6) is 0 Å². The van der Waals surface area contributed by atoms with Gasteiger partial charge in [0, 0.05) is 24.7 Å². The number of anilines is 2. The van der Waals surface area contributed by atoms with Crippen LogP contribution in [-0.2, 0) is 14.4 Å². The number of para-hydroxylation sites is 1. The normalized spacial score (nSPS) is 16.1. The first-order valence-corrected chi connectivity index (χ1v) is 11.1. The van der Waals surface area contributed by atoms with Crippen LogP contribution in [0.1, 0.15) is 30.5 Å². The fraction of sp³-hybridized carbons (Fsp3) is 0.174. The summed E-state index contributed by atoms with van der Waals surface area (Å²) in [6.45, 7) is 3.11. The van der Waals surface area contributed by atoms with E-state index in [9.17, 15) is 19.2 Å². The van der Waals surface area contributed by atoms with Gasteiger partial charge in [0.15, 0.2) is 0 Å². The molecule has 3 amide bonds. The number of nitrogens with zero attached hydrogens (tertiary/aromatic N) is 3. The molecule has 0 saturated carbocycles. The number of H-pyrrole nitrogens is 1. The quantitative estimate of drug-likeness (QED) is 0.453. The van der Waals surface area contributed by atoms with Crippen molar-refractivity contribution in [2.75, 3.05) is 10.2 Å². The topological polar surface area (TPSA) is 117 Å². The second kappa shape index (κ2) is 7.82. The summed E-state index contributed by atoms with van der Waals surface area (Å²) in [6.07, 6.45) is -0.0972. The van der Waals surface area contributed by atoms with Crippen LogP contribution in [0.3, 0.4) is 0 Å². The largest absolute Gasteiger partial charge is 0.326 e. The van der Waals surface area contributed by atoms with Crippen LogP contribution in [-0.4, -0.2) is 32.5 Å². The number of aryl methyl sites for hydroxylation is 1. The summed E-state index contributed by atoms with van der Waals surface area (Å²) in [6, 6.07) is 14.0. The van der Waals surface area contributed by atoms with Gasteiger partial charge in [-0.2, -0.15) is 4.68 Å². The Balaban J connectivity index is 1.48. The third-order valence-corrected chi connectivity index (χ3v) is 6.55. The van der Waals surface area contributed by atoms with Gasteiger partial charge in [0.05, 0.1) is 27.4 Å². The lowest BCUT2D eigenvalue weighted by molar-refractivity contribution is -0.121. The van der Waals surface area contributed by atoms with Gasteiger partial charge in [0.25, 0.3) is 5.56 Å². The Morgan fingerprint density at radius 1 is 1.12 bits per heavy atom. The van der Waals surface area contributed by atoms with Crippen molar-refractivity contribution < 1.29 is 14.4 Å². The summed E-state index contributed by atoms with van der Waals surface area (Å²) < 4.78 is 2.27. The van der Waals surface area contributed by atoms with Crippen molar-refractivity contribution in [1.82, 2.24) is 14.8 Å². The number of carbonyl (C=O) groups is 3. The number of nitrogens with one attached hydrogen (secondary N) is 2. The predicted molar refractivity (Wildman–Crippen MR) is 125 cm³/mol. The molecule has 2 N–H and O–H groups in total. The Labute approximate surface area is 191 Å². The number of hydrogen-bond acceptors (Lipinski definition) is 6. The maximum absolute atomic E-state index is 13.3. The van der Waals surface area contributed by atoms with Crippen molar-refractivity contribution in [2.24, 2.45) is 0 Å². The van der Waals surface area contributed by atoms with E-state index in [2.05, 4.69) is 15.4 Å². The Bertz CT molecular complexity index is 1450. The van der Waals surface area contributed by atoms with Crippen LogP contribution >= 0.6 is 11.3 Å². The van der Waals surface area contributed by atoms with Gasteiger partial charge in [0.1, 0.15) is 0 Å². The second-order valence-electron chi connectivity index (χ2n) is 7.81. The molecule has 1 saturated heterocycles. The van der Waals surface area contributed by atoms with Crippen LogP contribution in [0.4, 0.5) is 11.4 Å². The highest BCUT2D eigenvalue weighted by Crippen LogP contribution is 2.34. The third-order valence-electron chi connectivity index (χ3n) is 5.53. The van der Waals surface area contributed by atoms with Crippen LogP contribution < -0.4 is 15.8 Å². The summed E-state index contributed by atoms with van der Waals surface area (Å²) >= 11 is 1.36. The zero-order valence-corrected chi connectivity index (χ0v) is 18.6. The van der Waals surface area contributed by atoms with Gasteiger partial charge in [-0.05, 0) is 43.3 Å². The molecule has 0 aliphatic carbocycles. The Morgan fingerprint density at radius 2 is 1.85 bits per heavy atom. The summed E-state index contributed by atoms with van der Waals surface area (Å²) in [5.41, 5.74) is 2.13. The number of amides is 3. The minimum atomic E-state index is -0.883. The van der Waals surface area contributed by atoms with Crippen LogP contribution in [0, 0.1) is 6.92 Å². The Morgan fingerprint density at radius 3 is 2.55 bits per heavy atom. The molecule has 166 valence electrons. The summed E-state index contributed by atoms with van der Waals surface area (Å²) in [5.74, 6) is -1.94. The van der Waals surface area contributed by atoms with Crippen molar-refractivity contribution >= 4 is 50.6 Å². The van der Waals surface area contributed by atoms with Crippen molar-refractivity contribution in [2.45, 2.75) is 26.2 Å². The molecule has 0 radical (unpaired) electrons. The first-order chi connectivity index (χ1) is 15.8. The lowest BCUT2D eigenvalue weighted by Gasteiger charge is -2.15.